The van der Waals surface area contributed by atoms with Crippen LogP contribution >= 0.6 is 0 Å². The Kier molecular flexibility index (Phi) is 4.10. The molecule has 0 aromatic carbocycles. The van der Waals surface area contributed by atoms with Crippen LogP contribution in [0.15, 0.2) is 0 Å². The smallest absolute Gasteiger partial charge is 0.0363 e. The number of hydrogen-bond donors (Lipinski definition) is 1. The van der Waals surface area contributed by atoms with Crippen LogP contribution in [0.5, 0.6) is 0 Å². The summed E-state index contributed by atoms with van der Waals surface area (Å²) in [5.74, 6) is 1.66. The first-order chi connectivity index (χ1) is 6.42. The average Bonchev–Trinajstić information content (AvgIpc) is 2.08. The van der Waals surface area contributed by atoms with Gasteiger partial charge in [-0.05, 0) is 12.3 Å². The molecule has 1 saturated heterocycles. The maximum absolute atomic E-state index is 11.2. The minimum Gasteiger partial charge on any atom is -0.327 e. The zero-order chi connectivity index (χ0) is 10.8. The summed E-state index contributed by atoms with van der Waals surface area (Å²) in [4.78, 5) is 2.38. The van der Waals surface area contributed by atoms with Crippen LogP contribution in [-0.2, 0) is 10.8 Å². The van der Waals surface area contributed by atoms with Crippen LogP contribution in [0.3, 0.4) is 0 Å². The van der Waals surface area contributed by atoms with Crippen LogP contribution in [0.25, 0.3) is 0 Å². The van der Waals surface area contributed by atoms with Gasteiger partial charge < -0.3 is 10.6 Å². The van der Waals surface area contributed by atoms with Gasteiger partial charge in [-0.15, -0.1) is 0 Å². The SMILES string of the molecule is CC(N)C(C)(C)CN1CCS(=O)CC1. The standard InChI is InChI=1S/C10H22N2OS/c1-9(11)10(2,3)8-12-4-6-14(13)7-5-12/h9H,4-8,11H2,1-3H3. The van der Waals surface area contributed by atoms with E-state index >= 15 is 0 Å². The maximum Gasteiger partial charge on any atom is 0.0363 e. The molecule has 3 nitrogen and oxygen atoms in total. The van der Waals surface area contributed by atoms with E-state index in [0.717, 1.165) is 31.1 Å². The van der Waals surface area contributed by atoms with Crippen molar-refractivity contribution in [2.75, 3.05) is 31.1 Å². The fourth-order valence-corrected chi connectivity index (χ4v) is 2.68. The number of hydrogen-bond acceptors (Lipinski definition) is 3. The van der Waals surface area contributed by atoms with Crippen molar-refractivity contribution in [3.05, 3.63) is 0 Å². The second kappa shape index (κ2) is 4.73. The van der Waals surface area contributed by atoms with E-state index in [4.69, 9.17) is 5.73 Å². The quantitative estimate of drug-likeness (QED) is 0.747. The Balaban J connectivity index is 2.41. The highest BCUT2D eigenvalue weighted by molar-refractivity contribution is 7.85. The molecule has 1 atom stereocenters. The third kappa shape index (κ3) is 3.33. The number of nitrogens with zero attached hydrogens (tertiary/aromatic N) is 1. The highest BCUT2D eigenvalue weighted by atomic mass is 32.2. The minimum atomic E-state index is -0.573. The van der Waals surface area contributed by atoms with Crippen LogP contribution in [0.1, 0.15) is 20.8 Å². The van der Waals surface area contributed by atoms with Crippen LogP contribution < -0.4 is 5.73 Å². The molecule has 0 saturated carbocycles. The summed E-state index contributed by atoms with van der Waals surface area (Å²) in [7, 11) is -0.573. The zero-order valence-corrected chi connectivity index (χ0v) is 10.3. The van der Waals surface area contributed by atoms with E-state index in [2.05, 4.69) is 25.7 Å². The van der Waals surface area contributed by atoms with Crippen molar-refractivity contribution in [3.63, 3.8) is 0 Å². The molecule has 1 aliphatic heterocycles. The van der Waals surface area contributed by atoms with Crippen molar-refractivity contribution in [3.8, 4) is 0 Å². The molecule has 0 radical (unpaired) electrons. The van der Waals surface area contributed by atoms with Gasteiger partial charge >= 0.3 is 0 Å². The average molecular weight is 218 g/mol. The van der Waals surface area contributed by atoms with Crippen LogP contribution in [0.2, 0.25) is 0 Å². The zero-order valence-electron chi connectivity index (χ0n) is 9.45. The van der Waals surface area contributed by atoms with Gasteiger partial charge in [0.25, 0.3) is 0 Å². The van der Waals surface area contributed by atoms with Gasteiger partial charge in [0.05, 0.1) is 0 Å². The molecule has 0 bridgehead atoms. The monoisotopic (exact) mass is 218 g/mol. The van der Waals surface area contributed by atoms with Crippen LogP contribution in [-0.4, -0.2) is 46.3 Å². The third-order valence-corrected chi connectivity index (χ3v) is 4.41. The Hall–Kier alpha value is 0.0700. The van der Waals surface area contributed by atoms with Crippen LogP contribution in [0.4, 0.5) is 0 Å². The molecule has 0 aromatic rings. The fraction of sp³-hybridized carbons (Fsp3) is 1.00. The highest BCUT2D eigenvalue weighted by Crippen LogP contribution is 2.21. The van der Waals surface area contributed by atoms with E-state index in [0.29, 0.717) is 0 Å². The van der Waals surface area contributed by atoms with Gasteiger partial charge in [-0.1, -0.05) is 13.8 Å². The van der Waals surface area contributed by atoms with Gasteiger partial charge in [-0.3, -0.25) is 4.21 Å². The first-order valence-corrected chi connectivity index (χ1v) is 6.73. The Labute approximate surface area is 89.5 Å². The van der Waals surface area contributed by atoms with E-state index in [1.165, 1.54) is 0 Å². The molecule has 0 amide bonds. The molecule has 0 spiro atoms. The fourth-order valence-electron chi connectivity index (χ4n) is 1.55. The van der Waals surface area contributed by atoms with Gasteiger partial charge in [-0.25, -0.2) is 0 Å². The highest BCUT2D eigenvalue weighted by Gasteiger charge is 2.27. The predicted octanol–water partition coefficient (Wildman–Crippen LogP) is 0.424. The van der Waals surface area contributed by atoms with Gasteiger partial charge in [0.15, 0.2) is 0 Å². The lowest BCUT2D eigenvalue weighted by Gasteiger charge is -2.37. The van der Waals surface area contributed by atoms with E-state index < -0.39 is 10.8 Å². The molecule has 1 rings (SSSR count). The van der Waals surface area contributed by atoms with Crippen LogP contribution in [0, 0.1) is 5.41 Å². The molecule has 1 fully saturated rings. The predicted molar refractivity (Wildman–Crippen MR) is 61.7 cm³/mol. The van der Waals surface area contributed by atoms with E-state index in [-0.39, 0.29) is 11.5 Å². The van der Waals surface area contributed by atoms with Crippen molar-refractivity contribution in [2.45, 2.75) is 26.8 Å². The molecule has 0 aliphatic carbocycles. The second-order valence-corrected chi connectivity index (χ2v) is 6.60. The van der Waals surface area contributed by atoms with Gasteiger partial charge in [0.1, 0.15) is 0 Å². The Bertz CT molecular complexity index is 206. The lowest BCUT2D eigenvalue weighted by Crippen LogP contribution is -2.48. The van der Waals surface area contributed by atoms with E-state index in [9.17, 15) is 4.21 Å². The van der Waals surface area contributed by atoms with E-state index in [1.54, 1.807) is 0 Å². The maximum atomic E-state index is 11.2. The van der Waals surface area contributed by atoms with Crippen molar-refractivity contribution in [1.82, 2.24) is 4.90 Å². The molecule has 1 heterocycles. The summed E-state index contributed by atoms with van der Waals surface area (Å²) in [6.45, 7) is 9.39. The van der Waals surface area contributed by atoms with E-state index in [1.807, 2.05) is 0 Å². The topological polar surface area (TPSA) is 46.3 Å². The molecule has 0 aromatic heterocycles. The Morgan fingerprint density at radius 2 is 1.93 bits per heavy atom. The molecule has 14 heavy (non-hydrogen) atoms. The summed E-state index contributed by atoms with van der Waals surface area (Å²) in [5.41, 5.74) is 6.08. The van der Waals surface area contributed by atoms with Crippen molar-refractivity contribution in [2.24, 2.45) is 11.1 Å². The summed E-state index contributed by atoms with van der Waals surface area (Å²) in [6, 6.07) is 0.204. The Morgan fingerprint density at radius 3 is 2.36 bits per heavy atom. The largest absolute Gasteiger partial charge is 0.327 e. The summed E-state index contributed by atoms with van der Waals surface area (Å²) < 4.78 is 11.2. The second-order valence-electron chi connectivity index (χ2n) is 4.90. The van der Waals surface area contributed by atoms with Gasteiger partial charge in [0.2, 0.25) is 0 Å². The lowest BCUT2D eigenvalue weighted by atomic mass is 9.85. The molecule has 4 heteroatoms. The minimum absolute atomic E-state index is 0.152. The lowest BCUT2D eigenvalue weighted by molar-refractivity contribution is 0.168. The summed E-state index contributed by atoms with van der Waals surface area (Å²) in [6.07, 6.45) is 0. The molecule has 84 valence electrons. The summed E-state index contributed by atoms with van der Waals surface area (Å²) >= 11 is 0. The third-order valence-electron chi connectivity index (χ3n) is 3.13. The molecule has 2 N–H and O–H groups in total. The van der Waals surface area contributed by atoms with Gasteiger partial charge in [0, 0.05) is 48.0 Å². The van der Waals surface area contributed by atoms with Crippen molar-refractivity contribution < 1.29 is 4.21 Å². The molecule has 1 unspecified atom stereocenters. The number of rotatable bonds is 3. The Morgan fingerprint density at radius 1 is 1.43 bits per heavy atom. The molecule has 1 aliphatic rings. The van der Waals surface area contributed by atoms with Crippen molar-refractivity contribution >= 4 is 10.8 Å². The normalized spacial score (nSPS) is 23.7. The first kappa shape index (κ1) is 12.1. The first-order valence-electron chi connectivity index (χ1n) is 5.25. The molecular weight excluding hydrogens is 196 g/mol. The van der Waals surface area contributed by atoms with Crippen molar-refractivity contribution in [1.29, 1.82) is 0 Å². The summed E-state index contributed by atoms with van der Waals surface area (Å²) in [5, 5.41) is 0. The van der Waals surface area contributed by atoms with Gasteiger partial charge in [-0.2, -0.15) is 0 Å². The molecular formula is C10H22N2OS. The number of nitrogens with two attached hydrogens (primary N) is 1.